The first-order valence-electron chi connectivity index (χ1n) is 8.34. The summed E-state index contributed by atoms with van der Waals surface area (Å²) in [5.74, 6) is 4.29. The molecule has 0 aromatic heterocycles. The van der Waals surface area contributed by atoms with Gasteiger partial charge in [-0.2, -0.15) is 0 Å². The molecule has 2 heteroatoms. The van der Waals surface area contributed by atoms with E-state index in [0.29, 0.717) is 0 Å². The Bertz CT molecular complexity index is 299. The van der Waals surface area contributed by atoms with Gasteiger partial charge in [-0.05, 0) is 75.3 Å². The van der Waals surface area contributed by atoms with E-state index in [2.05, 4.69) is 10.2 Å². The largest absolute Gasteiger partial charge is 0.312 e. The molecule has 2 bridgehead atoms. The first-order valence-corrected chi connectivity index (χ1v) is 8.34. The molecule has 1 heterocycles. The number of hydrogen-bond donors (Lipinski definition) is 1. The molecule has 1 aliphatic heterocycles. The summed E-state index contributed by atoms with van der Waals surface area (Å²) in [6.45, 7) is 5.38. The van der Waals surface area contributed by atoms with Crippen LogP contribution in [-0.2, 0) is 0 Å². The molecule has 2 nitrogen and oxygen atoms in total. The quantitative estimate of drug-likeness (QED) is 0.825. The Morgan fingerprint density at radius 1 is 1.00 bits per heavy atom. The SMILES string of the molecule is C1CNC(C2CC2)CN(CC2CC3CCC2C3)C1. The van der Waals surface area contributed by atoms with Crippen molar-refractivity contribution in [1.29, 1.82) is 0 Å². The van der Waals surface area contributed by atoms with Gasteiger partial charge in [-0.3, -0.25) is 0 Å². The van der Waals surface area contributed by atoms with E-state index in [9.17, 15) is 0 Å². The fraction of sp³-hybridized carbons (Fsp3) is 1.00. The van der Waals surface area contributed by atoms with E-state index in [1.807, 2.05) is 0 Å². The summed E-state index contributed by atoms with van der Waals surface area (Å²) in [6, 6.07) is 0.825. The van der Waals surface area contributed by atoms with Gasteiger partial charge < -0.3 is 10.2 Å². The van der Waals surface area contributed by atoms with Crippen molar-refractivity contribution in [3.8, 4) is 0 Å². The summed E-state index contributed by atoms with van der Waals surface area (Å²) < 4.78 is 0. The van der Waals surface area contributed by atoms with E-state index in [4.69, 9.17) is 0 Å². The van der Waals surface area contributed by atoms with Crippen molar-refractivity contribution in [1.82, 2.24) is 10.2 Å². The third-order valence-corrected chi connectivity index (χ3v) is 6.08. The molecule has 0 spiro atoms. The predicted octanol–water partition coefficient (Wildman–Crippen LogP) is 2.50. The number of hydrogen-bond acceptors (Lipinski definition) is 2. The molecule has 4 unspecified atom stereocenters. The molecule has 4 fully saturated rings. The molecule has 4 atom stereocenters. The second-order valence-corrected chi connectivity index (χ2v) is 7.45. The molecule has 1 saturated heterocycles. The van der Waals surface area contributed by atoms with Gasteiger partial charge in [0.2, 0.25) is 0 Å². The highest BCUT2D eigenvalue weighted by Crippen LogP contribution is 2.48. The molecule has 3 saturated carbocycles. The van der Waals surface area contributed by atoms with Crippen molar-refractivity contribution in [3.63, 3.8) is 0 Å². The number of rotatable bonds is 3. The summed E-state index contributed by atoms with van der Waals surface area (Å²) in [7, 11) is 0. The zero-order chi connectivity index (χ0) is 11.9. The zero-order valence-corrected chi connectivity index (χ0v) is 11.6. The van der Waals surface area contributed by atoms with Gasteiger partial charge in [0.1, 0.15) is 0 Å². The van der Waals surface area contributed by atoms with E-state index in [-0.39, 0.29) is 0 Å². The molecule has 3 aliphatic carbocycles. The molecular formula is C16H28N2. The Morgan fingerprint density at radius 2 is 1.89 bits per heavy atom. The van der Waals surface area contributed by atoms with Crippen molar-refractivity contribution in [2.75, 3.05) is 26.2 Å². The highest BCUT2D eigenvalue weighted by atomic mass is 15.2. The fourth-order valence-electron chi connectivity index (χ4n) is 4.94. The summed E-state index contributed by atoms with van der Waals surface area (Å²) in [5, 5.41) is 3.79. The second-order valence-electron chi connectivity index (χ2n) is 7.45. The molecule has 1 N–H and O–H groups in total. The van der Waals surface area contributed by atoms with Crippen LogP contribution in [0.3, 0.4) is 0 Å². The lowest BCUT2D eigenvalue weighted by molar-refractivity contribution is 0.183. The van der Waals surface area contributed by atoms with E-state index in [0.717, 1.165) is 29.7 Å². The van der Waals surface area contributed by atoms with E-state index in [1.165, 1.54) is 45.4 Å². The van der Waals surface area contributed by atoms with Crippen LogP contribution in [0.5, 0.6) is 0 Å². The number of nitrogens with one attached hydrogen (secondary N) is 1. The predicted molar refractivity (Wildman–Crippen MR) is 74.5 cm³/mol. The van der Waals surface area contributed by atoms with Crippen LogP contribution >= 0.6 is 0 Å². The van der Waals surface area contributed by atoms with Crippen LogP contribution in [0.2, 0.25) is 0 Å². The van der Waals surface area contributed by atoms with Gasteiger partial charge in [0.05, 0.1) is 0 Å². The van der Waals surface area contributed by atoms with Gasteiger partial charge in [0.15, 0.2) is 0 Å². The summed E-state index contributed by atoms with van der Waals surface area (Å²) in [5.41, 5.74) is 0. The standard InChI is InChI=1S/C16H28N2/c1-6-17-16(13-4-5-13)11-18(7-1)10-15-9-12-2-3-14(15)8-12/h12-17H,1-11H2. The third-order valence-electron chi connectivity index (χ3n) is 6.08. The summed E-state index contributed by atoms with van der Waals surface area (Å²) >= 11 is 0. The zero-order valence-electron chi connectivity index (χ0n) is 11.6. The van der Waals surface area contributed by atoms with Gasteiger partial charge in [0.25, 0.3) is 0 Å². The third kappa shape index (κ3) is 2.34. The molecule has 0 aromatic carbocycles. The van der Waals surface area contributed by atoms with Gasteiger partial charge >= 0.3 is 0 Å². The smallest absolute Gasteiger partial charge is 0.0223 e. The van der Waals surface area contributed by atoms with E-state index < -0.39 is 0 Å². The lowest BCUT2D eigenvalue weighted by Gasteiger charge is -2.30. The molecule has 0 radical (unpaired) electrons. The Balaban J connectivity index is 1.35. The lowest BCUT2D eigenvalue weighted by Crippen LogP contribution is -2.41. The van der Waals surface area contributed by atoms with Crippen LogP contribution in [0.15, 0.2) is 0 Å². The average molecular weight is 248 g/mol. The molecule has 4 rings (SSSR count). The van der Waals surface area contributed by atoms with Crippen molar-refractivity contribution in [2.45, 2.75) is 51.0 Å². The highest BCUT2D eigenvalue weighted by Gasteiger charge is 2.40. The van der Waals surface area contributed by atoms with Gasteiger partial charge in [0, 0.05) is 19.1 Å². The minimum Gasteiger partial charge on any atom is -0.312 e. The molecule has 102 valence electrons. The van der Waals surface area contributed by atoms with E-state index >= 15 is 0 Å². The normalized spacial score (nSPS) is 45.3. The van der Waals surface area contributed by atoms with Crippen LogP contribution in [0.1, 0.15) is 44.9 Å². The first kappa shape index (κ1) is 11.7. The number of fused-ring (bicyclic) bond motifs is 2. The summed E-state index contributed by atoms with van der Waals surface area (Å²) in [6.07, 6.45) is 10.6. The van der Waals surface area contributed by atoms with Crippen LogP contribution in [0.25, 0.3) is 0 Å². The maximum Gasteiger partial charge on any atom is 0.0223 e. The maximum atomic E-state index is 3.79. The van der Waals surface area contributed by atoms with Gasteiger partial charge in [-0.1, -0.05) is 6.42 Å². The first-order chi connectivity index (χ1) is 8.88. The lowest BCUT2D eigenvalue weighted by atomic mass is 9.88. The average Bonchev–Trinajstić information content (AvgIpc) is 3.07. The minimum absolute atomic E-state index is 0.825. The highest BCUT2D eigenvalue weighted by molar-refractivity contribution is 4.94. The van der Waals surface area contributed by atoms with Crippen molar-refractivity contribution >= 4 is 0 Å². The topological polar surface area (TPSA) is 15.3 Å². The van der Waals surface area contributed by atoms with E-state index in [1.54, 1.807) is 25.7 Å². The molecule has 4 aliphatic rings. The van der Waals surface area contributed by atoms with Gasteiger partial charge in [-0.25, -0.2) is 0 Å². The summed E-state index contributed by atoms with van der Waals surface area (Å²) in [4.78, 5) is 2.81. The molecule has 0 amide bonds. The Hall–Kier alpha value is -0.0800. The van der Waals surface area contributed by atoms with Crippen LogP contribution in [-0.4, -0.2) is 37.1 Å². The monoisotopic (exact) mass is 248 g/mol. The Labute approximate surface area is 111 Å². The second kappa shape index (κ2) is 4.79. The van der Waals surface area contributed by atoms with Crippen molar-refractivity contribution in [3.05, 3.63) is 0 Å². The van der Waals surface area contributed by atoms with Crippen molar-refractivity contribution in [2.24, 2.45) is 23.7 Å². The van der Waals surface area contributed by atoms with Crippen LogP contribution in [0, 0.1) is 23.7 Å². The van der Waals surface area contributed by atoms with Crippen LogP contribution < -0.4 is 5.32 Å². The maximum absolute atomic E-state index is 3.79. The van der Waals surface area contributed by atoms with Crippen LogP contribution in [0.4, 0.5) is 0 Å². The fourth-order valence-corrected chi connectivity index (χ4v) is 4.94. The van der Waals surface area contributed by atoms with Gasteiger partial charge in [-0.15, -0.1) is 0 Å². The molecular weight excluding hydrogens is 220 g/mol. The number of nitrogens with zero attached hydrogens (tertiary/aromatic N) is 1. The molecule has 18 heavy (non-hydrogen) atoms. The Morgan fingerprint density at radius 3 is 2.61 bits per heavy atom. The van der Waals surface area contributed by atoms with Crippen molar-refractivity contribution < 1.29 is 0 Å². The minimum atomic E-state index is 0.825. The Kier molecular flexibility index (Phi) is 3.12. The molecule has 0 aromatic rings.